The van der Waals surface area contributed by atoms with Crippen LogP contribution in [-0.4, -0.2) is 6.04 Å². The van der Waals surface area contributed by atoms with Gasteiger partial charge in [0.15, 0.2) is 0 Å². The van der Waals surface area contributed by atoms with E-state index in [2.05, 4.69) is 23.5 Å². The molecule has 1 saturated carbocycles. The third kappa shape index (κ3) is 2.30. The zero-order valence-electron chi connectivity index (χ0n) is 9.25. The SMILES string of the molecule is CC(C)(C#N)c1ccc(NC2CC2)cc1. The van der Waals surface area contributed by atoms with Crippen LogP contribution in [0.1, 0.15) is 32.3 Å². The standard InChI is InChI=1S/C13H16N2/c1-13(2,9-14)10-3-5-11(6-4-10)15-12-7-8-12/h3-6,12,15H,7-8H2,1-2H3. The summed E-state index contributed by atoms with van der Waals surface area (Å²) in [5.74, 6) is 0. The summed E-state index contributed by atoms with van der Waals surface area (Å²) in [4.78, 5) is 0. The van der Waals surface area contributed by atoms with Gasteiger partial charge in [0.25, 0.3) is 0 Å². The largest absolute Gasteiger partial charge is 0.382 e. The minimum absolute atomic E-state index is 0.391. The van der Waals surface area contributed by atoms with Crippen LogP contribution in [0.25, 0.3) is 0 Å². The highest BCUT2D eigenvalue weighted by molar-refractivity contribution is 5.48. The maximum atomic E-state index is 9.01. The number of nitrogens with one attached hydrogen (secondary N) is 1. The van der Waals surface area contributed by atoms with Crippen LogP contribution in [0.15, 0.2) is 24.3 Å². The molecular weight excluding hydrogens is 184 g/mol. The van der Waals surface area contributed by atoms with E-state index in [1.165, 1.54) is 12.8 Å². The second-order valence-electron chi connectivity index (χ2n) is 4.73. The number of hydrogen-bond donors (Lipinski definition) is 1. The monoisotopic (exact) mass is 200 g/mol. The summed E-state index contributed by atoms with van der Waals surface area (Å²) in [6, 6.07) is 11.2. The molecule has 0 spiro atoms. The molecule has 78 valence electrons. The molecule has 0 atom stereocenters. The molecule has 0 saturated heterocycles. The van der Waals surface area contributed by atoms with Crippen molar-refractivity contribution >= 4 is 5.69 Å². The van der Waals surface area contributed by atoms with Crippen LogP contribution < -0.4 is 5.32 Å². The second-order valence-corrected chi connectivity index (χ2v) is 4.73. The van der Waals surface area contributed by atoms with Crippen molar-refractivity contribution in [2.75, 3.05) is 5.32 Å². The first kappa shape index (κ1) is 10.0. The normalized spacial score (nSPS) is 15.8. The van der Waals surface area contributed by atoms with Gasteiger partial charge in [0, 0.05) is 11.7 Å². The molecule has 0 aliphatic heterocycles. The number of nitrogens with zero attached hydrogens (tertiary/aromatic N) is 1. The Morgan fingerprint density at radius 2 is 1.87 bits per heavy atom. The van der Waals surface area contributed by atoms with Crippen LogP contribution in [0.4, 0.5) is 5.69 Å². The predicted octanol–water partition coefficient (Wildman–Crippen LogP) is 3.06. The highest BCUT2D eigenvalue weighted by Crippen LogP contribution is 2.27. The van der Waals surface area contributed by atoms with E-state index in [-0.39, 0.29) is 0 Å². The fraction of sp³-hybridized carbons (Fsp3) is 0.462. The van der Waals surface area contributed by atoms with Crippen molar-refractivity contribution in [3.63, 3.8) is 0 Å². The van der Waals surface area contributed by atoms with Gasteiger partial charge in [0.1, 0.15) is 0 Å². The van der Waals surface area contributed by atoms with Crippen molar-refractivity contribution in [2.24, 2.45) is 0 Å². The summed E-state index contributed by atoms with van der Waals surface area (Å²) in [6.45, 7) is 3.88. The zero-order chi connectivity index (χ0) is 10.9. The van der Waals surface area contributed by atoms with E-state index >= 15 is 0 Å². The Labute approximate surface area is 90.9 Å². The minimum atomic E-state index is -0.391. The van der Waals surface area contributed by atoms with Gasteiger partial charge in [-0.1, -0.05) is 12.1 Å². The molecule has 2 nitrogen and oxygen atoms in total. The first-order chi connectivity index (χ1) is 7.12. The Morgan fingerprint density at radius 1 is 1.27 bits per heavy atom. The molecule has 1 aliphatic rings. The Kier molecular flexibility index (Phi) is 2.40. The summed E-state index contributed by atoms with van der Waals surface area (Å²) in [5, 5.41) is 12.4. The summed E-state index contributed by atoms with van der Waals surface area (Å²) in [7, 11) is 0. The van der Waals surface area contributed by atoms with Gasteiger partial charge in [-0.3, -0.25) is 0 Å². The lowest BCUT2D eigenvalue weighted by Crippen LogP contribution is -2.13. The first-order valence-electron chi connectivity index (χ1n) is 5.40. The minimum Gasteiger partial charge on any atom is -0.382 e. The van der Waals surface area contributed by atoms with E-state index in [1.807, 2.05) is 26.0 Å². The molecule has 1 N–H and O–H groups in total. The van der Waals surface area contributed by atoms with Crippen molar-refractivity contribution in [3.05, 3.63) is 29.8 Å². The molecule has 0 amide bonds. The molecular formula is C13H16N2. The van der Waals surface area contributed by atoms with Crippen LogP contribution >= 0.6 is 0 Å². The van der Waals surface area contributed by atoms with Crippen molar-refractivity contribution in [1.29, 1.82) is 5.26 Å². The molecule has 0 heterocycles. The van der Waals surface area contributed by atoms with Gasteiger partial charge in [0.2, 0.25) is 0 Å². The van der Waals surface area contributed by atoms with Crippen molar-refractivity contribution < 1.29 is 0 Å². The van der Waals surface area contributed by atoms with Gasteiger partial charge in [-0.25, -0.2) is 0 Å². The van der Waals surface area contributed by atoms with E-state index < -0.39 is 5.41 Å². The first-order valence-corrected chi connectivity index (χ1v) is 5.40. The number of benzene rings is 1. The highest BCUT2D eigenvalue weighted by atomic mass is 14.9. The van der Waals surface area contributed by atoms with E-state index in [0.717, 1.165) is 11.3 Å². The van der Waals surface area contributed by atoms with Gasteiger partial charge < -0.3 is 5.32 Å². The lowest BCUT2D eigenvalue weighted by atomic mass is 9.86. The molecule has 0 bridgehead atoms. The van der Waals surface area contributed by atoms with E-state index in [9.17, 15) is 0 Å². The number of anilines is 1. The summed E-state index contributed by atoms with van der Waals surface area (Å²) >= 11 is 0. The topological polar surface area (TPSA) is 35.8 Å². The fourth-order valence-corrected chi connectivity index (χ4v) is 1.51. The van der Waals surface area contributed by atoms with Gasteiger partial charge in [-0.2, -0.15) is 5.26 Å². The average molecular weight is 200 g/mol. The molecule has 0 unspecified atom stereocenters. The van der Waals surface area contributed by atoms with Crippen molar-refractivity contribution in [2.45, 2.75) is 38.1 Å². The Balaban J connectivity index is 2.13. The molecule has 1 aromatic rings. The lowest BCUT2D eigenvalue weighted by molar-refractivity contribution is 0.687. The molecule has 0 aromatic heterocycles. The fourth-order valence-electron chi connectivity index (χ4n) is 1.51. The van der Waals surface area contributed by atoms with Gasteiger partial charge in [-0.05, 0) is 44.4 Å². The quantitative estimate of drug-likeness (QED) is 0.814. The number of hydrogen-bond acceptors (Lipinski definition) is 2. The Morgan fingerprint density at radius 3 is 2.33 bits per heavy atom. The molecule has 15 heavy (non-hydrogen) atoms. The van der Waals surface area contributed by atoms with E-state index in [0.29, 0.717) is 6.04 Å². The highest BCUT2D eigenvalue weighted by Gasteiger charge is 2.22. The number of nitriles is 1. The van der Waals surface area contributed by atoms with Crippen LogP contribution in [-0.2, 0) is 5.41 Å². The smallest absolute Gasteiger partial charge is 0.0766 e. The number of rotatable bonds is 3. The third-order valence-corrected chi connectivity index (χ3v) is 2.83. The van der Waals surface area contributed by atoms with Crippen LogP contribution in [0.5, 0.6) is 0 Å². The van der Waals surface area contributed by atoms with Crippen LogP contribution in [0.3, 0.4) is 0 Å². The van der Waals surface area contributed by atoms with Gasteiger partial charge >= 0.3 is 0 Å². The summed E-state index contributed by atoms with van der Waals surface area (Å²) in [6.07, 6.45) is 2.57. The molecule has 1 aromatic carbocycles. The molecule has 1 aliphatic carbocycles. The zero-order valence-corrected chi connectivity index (χ0v) is 9.25. The van der Waals surface area contributed by atoms with Gasteiger partial charge in [-0.15, -0.1) is 0 Å². The Bertz CT molecular complexity index is 380. The van der Waals surface area contributed by atoms with Gasteiger partial charge in [0.05, 0.1) is 11.5 Å². The molecule has 1 fully saturated rings. The summed E-state index contributed by atoms with van der Waals surface area (Å²) in [5.41, 5.74) is 1.85. The second kappa shape index (κ2) is 3.58. The average Bonchev–Trinajstić information content (AvgIpc) is 3.03. The summed E-state index contributed by atoms with van der Waals surface area (Å²) < 4.78 is 0. The molecule has 0 radical (unpaired) electrons. The molecule has 2 heteroatoms. The maximum absolute atomic E-state index is 9.01. The van der Waals surface area contributed by atoms with Crippen LogP contribution in [0, 0.1) is 11.3 Å². The van der Waals surface area contributed by atoms with E-state index in [4.69, 9.17) is 5.26 Å². The van der Waals surface area contributed by atoms with E-state index in [1.54, 1.807) is 0 Å². The third-order valence-electron chi connectivity index (χ3n) is 2.83. The Hall–Kier alpha value is -1.49. The lowest BCUT2D eigenvalue weighted by Gasteiger charge is -2.16. The predicted molar refractivity (Wildman–Crippen MR) is 61.7 cm³/mol. The van der Waals surface area contributed by atoms with Crippen LogP contribution in [0.2, 0.25) is 0 Å². The van der Waals surface area contributed by atoms with Crippen molar-refractivity contribution in [1.82, 2.24) is 0 Å². The molecule has 2 rings (SSSR count). The van der Waals surface area contributed by atoms with Crippen molar-refractivity contribution in [3.8, 4) is 6.07 Å². The maximum Gasteiger partial charge on any atom is 0.0766 e.